The van der Waals surface area contributed by atoms with Crippen LogP contribution in [0.5, 0.6) is 5.75 Å². The summed E-state index contributed by atoms with van der Waals surface area (Å²) in [6.45, 7) is 6.88. The maximum absolute atomic E-state index is 14.0. The Kier molecular flexibility index (Phi) is 8.85. The van der Waals surface area contributed by atoms with Crippen molar-refractivity contribution in [1.29, 1.82) is 0 Å². The van der Waals surface area contributed by atoms with Crippen molar-refractivity contribution in [3.63, 3.8) is 0 Å². The van der Waals surface area contributed by atoms with Crippen LogP contribution in [0.15, 0.2) is 23.2 Å². The van der Waals surface area contributed by atoms with Crippen LogP contribution >= 0.6 is 0 Å². The van der Waals surface area contributed by atoms with E-state index >= 15 is 0 Å². The van der Waals surface area contributed by atoms with Crippen LogP contribution in [0.1, 0.15) is 30.6 Å². The summed E-state index contributed by atoms with van der Waals surface area (Å²) in [6, 6.07) is 4.96. The quantitative estimate of drug-likeness (QED) is 0.371. The van der Waals surface area contributed by atoms with E-state index in [2.05, 4.69) is 20.5 Å². The molecule has 0 amide bonds. The van der Waals surface area contributed by atoms with Gasteiger partial charge in [-0.1, -0.05) is 6.07 Å². The molecule has 1 aromatic carbocycles. The lowest BCUT2D eigenvalue weighted by Crippen LogP contribution is -2.39. The third kappa shape index (κ3) is 6.70. The molecule has 0 atom stereocenters. The van der Waals surface area contributed by atoms with Gasteiger partial charge in [-0.05, 0) is 38.0 Å². The van der Waals surface area contributed by atoms with Crippen LogP contribution in [-0.2, 0) is 24.9 Å². The van der Waals surface area contributed by atoms with Gasteiger partial charge >= 0.3 is 0 Å². The molecule has 0 fully saturated rings. The SMILES string of the molecule is CCOCCCNC(=NCc1nnc(C)n1C)N(C)Cc1ccc(OC)c(F)c1. The highest BCUT2D eigenvalue weighted by Crippen LogP contribution is 2.18. The third-order valence-electron chi connectivity index (χ3n) is 4.50. The van der Waals surface area contributed by atoms with Gasteiger partial charge in [0.15, 0.2) is 23.4 Å². The van der Waals surface area contributed by atoms with Crippen LogP contribution in [0.3, 0.4) is 0 Å². The van der Waals surface area contributed by atoms with E-state index in [4.69, 9.17) is 9.47 Å². The van der Waals surface area contributed by atoms with Crippen molar-refractivity contribution < 1.29 is 13.9 Å². The molecule has 160 valence electrons. The van der Waals surface area contributed by atoms with Crippen molar-refractivity contribution in [3.05, 3.63) is 41.2 Å². The Morgan fingerprint density at radius 3 is 2.76 bits per heavy atom. The number of ether oxygens (including phenoxy) is 2. The summed E-state index contributed by atoms with van der Waals surface area (Å²) >= 11 is 0. The number of halogens is 1. The molecule has 0 spiro atoms. The highest BCUT2D eigenvalue weighted by atomic mass is 19.1. The Bertz CT molecular complexity index is 808. The van der Waals surface area contributed by atoms with Gasteiger partial charge in [0.25, 0.3) is 0 Å². The number of rotatable bonds is 10. The molecule has 1 N–H and O–H groups in total. The van der Waals surface area contributed by atoms with Crippen molar-refractivity contribution >= 4 is 5.96 Å². The fourth-order valence-corrected chi connectivity index (χ4v) is 2.72. The van der Waals surface area contributed by atoms with Crippen molar-refractivity contribution in [1.82, 2.24) is 25.0 Å². The van der Waals surface area contributed by atoms with Gasteiger partial charge in [-0.2, -0.15) is 0 Å². The number of aryl methyl sites for hydroxylation is 1. The second kappa shape index (κ2) is 11.4. The van der Waals surface area contributed by atoms with E-state index in [-0.39, 0.29) is 11.6 Å². The lowest BCUT2D eigenvalue weighted by Gasteiger charge is -2.23. The first kappa shape index (κ1) is 22.6. The summed E-state index contributed by atoms with van der Waals surface area (Å²) in [5.41, 5.74) is 0.823. The Hall–Kier alpha value is -2.68. The maximum atomic E-state index is 14.0. The predicted octanol–water partition coefficient (Wildman–Crippen LogP) is 2.28. The molecule has 0 aliphatic rings. The number of hydrogen-bond acceptors (Lipinski definition) is 5. The van der Waals surface area contributed by atoms with Gasteiger partial charge in [0.1, 0.15) is 12.4 Å². The maximum Gasteiger partial charge on any atom is 0.194 e. The molecule has 0 saturated carbocycles. The summed E-state index contributed by atoms with van der Waals surface area (Å²) in [4.78, 5) is 6.64. The van der Waals surface area contributed by atoms with Crippen LogP contribution in [0, 0.1) is 12.7 Å². The summed E-state index contributed by atoms with van der Waals surface area (Å²) in [7, 11) is 5.28. The molecule has 0 saturated heterocycles. The molecule has 2 aromatic rings. The average Bonchev–Trinajstić information content (AvgIpc) is 3.02. The number of guanidine groups is 1. The second-order valence-electron chi connectivity index (χ2n) is 6.66. The number of methoxy groups -OCH3 is 1. The molecule has 1 aromatic heterocycles. The van der Waals surface area contributed by atoms with Gasteiger partial charge in [-0.15, -0.1) is 10.2 Å². The lowest BCUT2D eigenvalue weighted by molar-refractivity contribution is 0.145. The molecule has 8 nitrogen and oxygen atoms in total. The smallest absolute Gasteiger partial charge is 0.194 e. The molecule has 2 rings (SSSR count). The van der Waals surface area contributed by atoms with Gasteiger partial charge in [-0.3, -0.25) is 0 Å². The standard InChI is InChI=1S/C20H31FN6O2/c1-6-29-11-7-10-22-20(23-13-19-25-24-15(2)27(19)4)26(3)14-16-8-9-18(28-5)17(21)12-16/h8-9,12H,6-7,10-11,13-14H2,1-5H3,(H,22,23). The Labute approximate surface area is 171 Å². The van der Waals surface area contributed by atoms with E-state index < -0.39 is 0 Å². The third-order valence-corrected chi connectivity index (χ3v) is 4.50. The summed E-state index contributed by atoms with van der Waals surface area (Å²) in [5.74, 6) is 2.18. The van der Waals surface area contributed by atoms with E-state index in [0.29, 0.717) is 32.3 Å². The van der Waals surface area contributed by atoms with Crippen LogP contribution in [0.2, 0.25) is 0 Å². The number of hydrogen-bond donors (Lipinski definition) is 1. The minimum absolute atomic E-state index is 0.233. The van der Waals surface area contributed by atoms with Crippen molar-refractivity contribution in [3.8, 4) is 5.75 Å². The average molecular weight is 407 g/mol. The van der Waals surface area contributed by atoms with Crippen LogP contribution in [-0.4, -0.2) is 59.5 Å². The number of aliphatic imine (C=N–C) groups is 1. The van der Waals surface area contributed by atoms with Crippen LogP contribution < -0.4 is 10.1 Å². The first-order valence-corrected chi connectivity index (χ1v) is 9.70. The largest absolute Gasteiger partial charge is 0.494 e. The molecule has 29 heavy (non-hydrogen) atoms. The van der Waals surface area contributed by atoms with Crippen molar-refractivity contribution in [2.24, 2.45) is 12.0 Å². The lowest BCUT2D eigenvalue weighted by atomic mass is 10.2. The zero-order valence-electron chi connectivity index (χ0n) is 17.9. The molecule has 0 bridgehead atoms. The summed E-state index contributed by atoms with van der Waals surface area (Å²) in [6.07, 6.45) is 0.862. The minimum atomic E-state index is -0.379. The Morgan fingerprint density at radius 2 is 2.14 bits per heavy atom. The van der Waals surface area contributed by atoms with Crippen molar-refractivity contribution in [2.75, 3.05) is 33.9 Å². The predicted molar refractivity (Wildman–Crippen MR) is 110 cm³/mol. The monoisotopic (exact) mass is 406 g/mol. The van der Waals surface area contributed by atoms with E-state index in [1.54, 1.807) is 6.07 Å². The molecular weight excluding hydrogens is 375 g/mol. The van der Waals surface area contributed by atoms with Gasteiger partial charge in [0, 0.05) is 40.4 Å². The van der Waals surface area contributed by atoms with E-state index in [0.717, 1.165) is 30.2 Å². The first-order valence-electron chi connectivity index (χ1n) is 9.70. The van der Waals surface area contributed by atoms with Crippen molar-refractivity contribution in [2.45, 2.75) is 33.4 Å². The fraction of sp³-hybridized carbons (Fsp3) is 0.550. The number of aromatic nitrogens is 3. The van der Waals surface area contributed by atoms with Crippen LogP contribution in [0.25, 0.3) is 0 Å². The number of nitrogens with one attached hydrogen (secondary N) is 1. The molecule has 0 aliphatic heterocycles. The fourth-order valence-electron chi connectivity index (χ4n) is 2.72. The van der Waals surface area contributed by atoms with Gasteiger partial charge < -0.3 is 24.3 Å². The van der Waals surface area contributed by atoms with Gasteiger partial charge in [0.2, 0.25) is 0 Å². The van der Waals surface area contributed by atoms with E-state index in [1.165, 1.54) is 13.2 Å². The molecule has 0 aliphatic carbocycles. The molecule has 1 heterocycles. The summed E-state index contributed by atoms with van der Waals surface area (Å²) in [5, 5.41) is 11.6. The van der Waals surface area contributed by atoms with Gasteiger partial charge in [-0.25, -0.2) is 9.38 Å². The highest BCUT2D eigenvalue weighted by molar-refractivity contribution is 5.79. The zero-order valence-corrected chi connectivity index (χ0v) is 17.9. The normalized spacial score (nSPS) is 11.6. The molecular formula is C20H31FN6O2. The number of benzene rings is 1. The Morgan fingerprint density at radius 1 is 1.34 bits per heavy atom. The first-order chi connectivity index (χ1) is 14.0. The van der Waals surface area contributed by atoms with E-state index in [1.807, 2.05) is 43.5 Å². The highest BCUT2D eigenvalue weighted by Gasteiger charge is 2.11. The Balaban J connectivity index is 2.08. The minimum Gasteiger partial charge on any atom is -0.494 e. The topological polar surface area (TPSA) is 76.8 Å². The summed E-state index contributed by atoms with van der Waals surface area (Å²) < 4.78 is 26.3. The molecule has 9 heteroatoms. The van der Waals surface area contributed by atoms with Crippen LogP contribution in [0.4, 0.5) is 4.39 Å². The number of nitrogens with zero attached hydrogens (tertiary/aromatic N) is 5. The second-order valence-corrected chi connectivity index (χ2v) is 6.66. The zero-order chi connectivity index (χ0) is 21.2. The van der Waals surface area contributed by atoms with Gasteiger partial charge in [0.05, 0.1) is 7.11 Å². The van der Waals surface area contributed by atoms with E-state index in [9.17, 15) is 4.39 Å². The molecule has 0 unspecified atom stereocenters. The molecule has 0 radical (unpaired) electrons.